The van der Waals surface area contributed by atoms with Crippen LogP contribution in [0.25, 0.3) is 0 Å². The number of carbonyl (C=O) groups is 1. The highest BCUT2D eigenvalue weighted by Crippen LogP contribution is 2.36. The van der Waals surface area contributed by atoms with Gasteiger partial charge in [0.2, 0.25) is 0 Å². The quantitative estimate of drug-likeness (QED) is 0.775. The van der Waals surface area contributed by atoms with Gasteiger partial charge in [-0.25, -0.2) is 4.79 Å². The molecule has 4 N–H and O–H groups in total. The molecule has 1 aliphatic rings. The van der Waals surface area contributed by atoms with Crippen LogP contribution in [-0.4, -0.2) is 29.4 Å². The molecule has 0 radical (unpaired) electrons. The SMILES string of the molecule is Cc1ccc(C(=O)O)c([C@@H](N)C2CCOCC2)c1O. The summed E-state index contributed by atoms with van der Waals surface area (Å²) in [6.45, 7) is 3.00. The van der Waals surface area contributed by atoms with E-state index in [9.17, 15) is 15.0 Å². The van der Waals surface area contributed by atoms with E-state index in [1.165, 1.54) is 6.07 Å². The summed E-state index contributed by atoms with van der Waals surface area (Å²) in [6, 6.07) is 2.63. The van der Waals surface area contributed by atoms with Crippen molar-refractivity contribution in [1.29, 1.82) is 0 Å². The molecule has 0 saturated carbocycles. The summed E-state index contributed by atoms with van der Waals surface area (Å²) >= 11 is 0. The van der Waals surface area contributed by atoms with Crippen LogP contribution in [0.2, 0.25) is 0 Å². The van der Waals surface area contributed by atoms with E-state index < -0.39 is 12.0 Å². The number of benzene rings is 1. The van der Waals surface area contributed by atoms with Gasteiger partial charge in [0.05, 0.1) is 5.56 Å². The molecule has 1 atom stereocenters. The fraction of sp³-hybridized carbons (Fsp3) is 0.500. The molecule has 0 unspecified atom stereocenters. The minimum atomic E-state index is -1.06. The van der Waals surface area contributed by atoms with Gasteiger partial charge in [-0.15, -0.1) is 0 Å². The summed E-state index contributed by atoms with van der Waals surface area (Å²) < 4.78 is 5.28. The highest BCUT2D eigenvalue weighted by Gasteiger charge is 2.28. The molecular formula is C14H19NO4. The highest BCUT2D eigenvalue weighted by atomic mass is 16.5. The summed E-state index contributed by atoms with van der Waals surface area (Å²) in [5, 5.41) is 19.4. The van der Waals surface area contributed by atoms with Gasteiger partial charge in [0.25, 0.3) is 0 Å². The Morgan fingerprint density at radius 3 is 2.63 bits per heavy atom. The van der Waals surface area contributed by atoms with Gasteiger partial charge < -0.3 is 20.7 Å². The number of phenolic OH excluding ortho intramolecular Hbond substituents is 1. The van der Waals surface area contributed by atoms with Crippen LogP contribution in [0.15, 0.2) is 12.1 Å². The van der Waals surface area contributed by atoms with E-state index in [2.05, 4.69) is 0 Å². The zero-order valence-electron chi connectivity index (χ0n) is 10.9. The fourth-order valence-corrected chi connectivity index (χ4v) is 2.55. The molecule has 19 heavy (non-hydrogen) atoms. The third-order valence-electron chi connectivity index (χ3n) is 3.76. The number of phenols is 1. The van der Waals surface area contributed by atoms with Crippen LogP contribution in [-0.2, 0) is 4.74 Å². The van der Waals surface area contributed by atoms with Crippen molar-refractivity contribution in [1.82, 2.24) is 0 Å². The number of aromatic hydroxyl groups is 1. The largest absolute Gasteiger partial charge is 0.507 e. The Labute approximate surface area is 112 Å². The maximum Gasteiger partial charge on any atom is 0.336 e. The first-order valence-corrected chi connectivity index (χ1v) is 6.41. The lowest BCUT2D eigenvalue weighted by molar-refractivity contribution is 0.0575. The van der Waals surface area contributed by atoms with Gasteiger partial charge in [-0.1, -0.05) is 6.07 Å². The molecule has 1 saturated heterocycles. The number of hydrogen-bond donors (Lipinski definition) is 3. The Morgan fingerprint density at radius 2 is 2.05 bits per heavy atom. The Morgan fingerprint density at radius 1 is 1.42 bits per heavy atom. The molecule has 1 heterocycles. The number of ether oxygens (including phenoxy) is 1. The summed E-state index contributed by atoms with van der Waals surface area (Å²) in [4.78, 5) is 11.3. The second-order valence-electron chi connectivity index (χ2n) is 4.97. The molecule has 0 aliphatic carbocycles. The van der Waals surface area contributed by atoms with Crippen molar-refractivity contribution in [2.24, 2.45) is 11.7 Å². The number of carboxylic acid groups (broad SMARTS) is 1. The molecule has 1 aromatic rings. The van der Waals surface area contributed by atoms with Crippen LogP contribution in [0.1, 0.15) is 40.4 Å². The standard InChI is InChI=1S/C14H19NO4/c1-8-2-3-10(14(17)18)11(13(8)16)12(15)9-4-6-19-7-5-9/h2-3,9,12,16H,4-7,15H2,1H3,(H,17,18)/t12-/m0/s1. The Balaban J connectivity index is 2.41. The average Bonchev–Trinajstić information content (AvgIpc) is 2.41. The highest BCUT2D eigenvalue weighted by molar-refractivity contribution is 5.90. The Kier molecular flexibility index (Phi) is 4.07. The molecule has 1 aromatic carbocycles. The molecule has 2 rings (SSSR count). The van der Waals surface area contributed by atoms with E-state index in [1.807, 2.05) is 0 Å². The first kappa shape index (κ1) is 13.8. The second kappa shape index (κ2) is 5.59. The van der Waals surface area contributed by atoms with Crippen molar-refractivity contribution < 1.29 is 19.7 Å². The van der Waals surface area contributed by atoms with Crippen LogP contribution >= 0.6 is 0 Å². The van der Waals surface area contributed by atoms with Crippen LogP contribution in [0, 0.1) is 12.8 Å². The molecule has 0 aromatic heterocycles. The van der Waals surface area contributed by atoms with Gasteiger partial charge in [0.15, 0.2) is 0 Å². The van der Waals surface area contributed by atoms with Crippen molar-refractivity contribution >= 4 is 5.97 Å². The van der Waals surface area contributed by atoms with Crippen molar-refractivity contribution in [3.8, 4) is 5.75 Å². The lowest BCUT2D eigenvalue weighted by Gasteiger charge is -2.29. The van der Waals surface area contributed by atoms with Crippen molar-refractivity contribution in [2.45, 2.75) is 25.8 Å². The number of hydrogen-bond acceptors (Lipinski definition) is 4. The van der Waals surface area contributed by atoms with Crippen LogP contribution in [0.4, 0.5) is 0 Å². The van der Waals surface area contributed by atoms with Gasteiger partial charge in [-0.2, -0.15) is 0 Å². The number of carboxylic acids is 1. The molecule has 5 nitrogen and oxygen atoms in total. The molecular weight excluding hydrogens is 246 g/mol. The van der Waals surface area contributed by atoms with Gasteiger partial charge in [0.1, 0.15) is 5.75 Å². The number of aryl methyl sites for hydroxylation is 1. The topological polar surface area (TPSA) is 92.8 Å². The fourth-order valence-electron chi connectivity index (χ4n) is 2.55. The van der Waals surface area contributed by atoms with Gasteiger partial charge in [-0.3, -0.25) is 0 Å². The van der Waals surface area contributed by atoms with Gasteiger partial charge in [0, 0.05) is 24.8 Å². The number of nitrogens with two attached hydrogens (primary N) is 1. The van der Waals surface area contributed by atoms with E-state index in [4.69, 9.17) is 10.5 Å². The monoisotopic (exact) mass is 265 g/mol. The van der Waals surface area contributed by atoms with E-state index in [1.54, 1.807) is 13.0 Å². The van der Waals surface area contributed by atoms with Crippen LogP contribution < -0.4 is 5.73 Å². The minimum absolute atomic E-state index is 0.00103. The van der Waals surface area contributed by atoms with Crippen molar-refractivity contribution in [2.75, 3.05) is 13.2 Å². The van der Waals surface area contributed by atoms with E-state index >= 15 is 0 Å². The van der Waals surface area contributed by atoms with Crippen molar-refractivity contribution in [3.05, 3.63) is 28.8 Å². The maximum atomic E-state index is 11.3. The zero-order chi connectivity index (χ0) is 14.0. The lowest BCUT2D eigenvalue weighted by Crippen LogP contribution is -2.29. The summed E-state index contributed by atoms with van der Waals surface area (Å²) in [5.41, 5.74) is 7.27. The maximum absolute atomic E-state index is 11.3. The molecule has 0 bridgehead atoms. The number of rotatable bonds is 3. The first-order valence-electron chi connectivity index (χ1n) is 6.41. The Hall–Kier alpha value is -1.59. The third-order valence-corrected chi connectivity index (χ3v) is 3.76. The normalized spacial score (nSPS) is 18.2. The van der Waals surface area contributed by atoms with E-state index in [0.29, 0.717) is 24.3 Å². The zero-order valence-corrected chi connectivity index (χ0v) is 10.9. The second-order valence-corrected chi connectivity index (χ2v) is 4.97. The lowest BCUT2D eigenvalue weighted by atomic mass is 9.84. The summed E-state index contributed by atoms with van der Waals surface area (Å²) in [6.07, 6.45) is 1.57. The third kappa shape index (κ3) is 2.72. The van der Waals surface area contributed by atoms with Gasteiger partial charge in [-0.05, 0) is 37.3 Å². The molecule has 5 heteroatoms. The smallest absolute Gasteiger partial charge is 0.336 e. The molecule has 1 aliphatic heterocycles. The first-order chi connectivity index (χ1) is 9.02. The summed E-state index contributed by atoms with van der Waals surface area (Å²) in [7, 11) is 0. The van der Waals surface area contributed by atoms with E-state index in [-0.39, 0.29) is 17.2 Å². The van der Waals surface area contributed by atoms with Crippen molar-refractivity contribution in [3.63, 3.8) is 0 Å². The predicted molar refractivity (Wildman–Crippen MR) is 70.3 cm³/mol. The molecule has 0 spiro atoms. The van der Waals surface area contributed by atoms with E-state index in [0.717, 1.165) is 12.8 Å². The minimum Gasteiger partial charge on any atom is -0.507 e. The van der Waals surface area contributed by atoms with Crippen LogP contribution in [0.5, 0.6) is 5.75 Å². The molecule has 1 fully saturated rings. The van der Waals surface area contributed by atoms with Crippen LogP contribution in [0.3, 0.4) is 0 Å². The molecule has 0 amide bonds. The summed E-state index contributed by atoms with van der Waals surface area (Å²) in [5.74, 6) is -0.925. The number of aromatic carboxylic acids is 1. The Bertz CT molecular complexity index is 481. The molecule has 104 valence electrons. The predicted octanol–water partition coefficient (Wildman–Crippen LogP) is 1.83. The van der Waals surface area contributed by atoms with Gasteiger partial charge >= 0.3 is 5.97 Å². The average molecular weight is 265 g/mol.